The summed E-state index contributed by atoms with van der Waals surface area (Å²) >= 11 is 6.26. The van der Waals surface area contributed by atoms with Gasteiger partial charge in [-0.3, -0.25) is 10.1 Å². The van der Waals surface area contributed by atoms with E-state index in [0.717, 1.165) is 6.07 Å². The molecule has 2 rings (SSSR count). The van der Waals surface area contributed by atoms with Crippen molar-refractivity contribution < 1.29 is 24.3 Å². The first-order valence-electron chi connectivity index (χ1n) is 6.98. The van der Waals surface area contributed by atoms with Gasteiger partial charge in [0.1, 0.15) is 5.75 Å². The van der Waals surface area contributed by atoms with E-state index in [9.17, 15) is 20.0 Å². The lowest BCUT2D eigenvalue weighted by Crippen LogP contribution is -2.23. The first kappa shape index (κ1) is 18.6. The Morgan fingerprint density at radius 2 is 2.20 bits per heavy atom. The molecule has 0 fully saturated rings. The van der Waals surface area contributed by atoms with Crippen LogP contribution in [-0.2, 0) is 9.53 Å². The van der Waals surface area contributed by atoms with Crippen molar-refractivity contribution in [1.29, 1.82) is 0 Å². The molecule has 0 aliphatic rings. The van der Waals surface area contributed by atoms with Crippen LogP contribution in [0.5, 0.6) is 11.5 Å². The SMILES string of the molecule is CCOC(=O)/C=c1\[nH]c(=S)s\c1=C/c1cc(OC)c([O-])c([N+](=O)[O-])c1. The zero-order valence-electron chi connectivity index (χ0n) is 13.2. The zero-order chi connectivity index (χ0) is 18.6. The highest BCUT2D eigenvalue weighted by Crippen LogP contribution is 2.34. The van der Waals surface area contributed by atoms with Crippen molar-refractivity contribution in [2.75, 3.05) is 13.7 Å². The third kappa shape index (κ3) is 4.43. The van der Waals surface area contributed by atoms with Crippen LogP contribution in [0.2, 0.25) is 0 Å². The maximum Gasteiger partial charge on any atom is 0.332 e. The van der Waals surface area contributed by atoms with E-state index in [4.69, 9.17) is 21.7 Å². The van der Waals surface area contributed by atoms with Crippen molar-refractivity contribution in [3.05, 3.63) is 41.6 Å². The summed E-state index contributed by atoms with van der Waals surface area (Å²) in [5.74, 6) is -1.49. The second kappa shape index (κ2) is 7.90. The molecule has 1 aromatic heterocycles. The number of thiazole rings is 1. The van der Waals surface area contributed by atoms with Crippen LogP contribution in [0.1, 0.15) is 12.5 Å². The number of ether oxygens (including phenoxy) is 2. The molecule has 0 spiro atoms. The van der Waals surface area contributed by atoms with Crippen LogP contribution in [0.15, 0.2) is 12.1 Å². The fourth-order valence-corrected chi connectivity index (χ4v) is 3.15. The van der Waals surface area contributed by atoms with E-state index in [1.54, 1.807) is 13.0 Å². The Morgan fingerprint density at radius 3 is 2.80 bits per heavy atom. The predicted molar refractivity (Wildman–Crippen MR) is 92.5 cm³/mol. The minimum atomic E-state index is -0.801. The highest BCUT2D eigenvalue weighted by molar-refractivity contribution is 7.73. The number of aromatic nitrogens is 1. The molecule has 8 nitrogen and oxygen atoms in total. The minimum Gasteiger partial charge on any atom is -0.865 e. The van der Waals surface area contributed by atoms with Gasteiger partial charge in [-0.25, -0.2) is 4.79 Å². The average Bonchev–Trinajstić information content (AvgIpc) is 2.87. The lowest BCUT2D eigenvalue weighted by molar-refractivity contribution is -0.398. The highest BCUT2D eigenvalue weighted by Gasteiger charge is 2.12. The number of carbonyl (C=O) groups is 1. The van der Waals surface area contributed by atoms with Crippen molar-refractivity contribution in [2.24, 2.45) is 0 Å². The molecule has 0 amide bonds. The van der Waals surface area contributed by atoms with Crippen LogP contribution < -0.4 is 19.7 Å². The van der Waals surface area contributed by atoms with E-state index < -0.39 is 22.3 Å². The fourth-order valence-electron chi connectivity index (χ4n) is 2.00. The summed E-state index contributed by atoms with van der Waals surface area (Å²) in [5.41, 5.74) is -0.229. The maximum atomic E-state index is 11.9. The van der Waals surface area contributed by atoms with E-state index in [-0.39, 0.29) is 12.4 Å². The number of methoxy groups -OCH3 is 1. The van der Waals surface area contributed by atoms with Crippen molar-refractivity contribution in [1.82, 2.24) is 4.98 Å². The molecule has 2 aromatic rings. The number of benzene rings is 1. The van der Waals surface area contributed by atoms with Crippen LogP contribution >= 0.6 is 23.6 Å². The van der Waals surface area contributed by atoms with E-state index in [0.29, 0.717) is 19.4 Å². The normalized spacial score (nSPS) is 12.2. The quantitative estimate of drug-likeness (QED) is 0.355. The first-order chi connectivity index (χ1) is 11.8. The standard InChI is InChI=1S/C15H14N2O6S2/c1-3-23-13(18)7-9-12(25-15(24)16-9)6-8-4-10(17(20)21)14(19)11(5-8)22-2/h4-7,19H,3H2,1-2H3,(H,16,24)/p-1/b9-7-,12-6-. The van der Waals surface area contributed by atoms with Crippen LogP contribution in [0.3, 0.4) is 0 Å². The van der Waals surface area contributed by atoms with Gasteiger partial charge in [0.2, 0.25) is 0 Å². The van der Waals surface area contributed by atoms with Crippen molar-refractivity contribution >= 4 is 47.4 Å². The predicted octanol–water partition coefficient (Wildman–Crippen LogP) is 0.968. The van der Waals surface area contributed by atoms with Gasteiger partial charge in [-0.15, -0.1) is 11.3 Å². The van der Waals surface area contributed by atoms with Gasteiger partial charge in [-0.2, -0.15) is 0 Å². The Bertz CT molecular complexity index is 992. The molecule has 0 atom stereocenters. The Labute approximate surface area is 150 Å². The topological polar surface area (TPSA) is 118 Å². The largest absolute Gasteiger partial charge is 0.865 e. The van der Waals surface area contributed by atoms with E-state index in [2.05, 4.69) is 4.98 Å². The van der Waals surface area contributed by atoms with Gasteiger partial charge >= 0.3 is 5.97 Å². The van der Waals surface area contributed by atoms with E-state index in [1.165, 1.54) is 30.6 Å². The number of esters is 1. The molecule has 1 N–H and O–H groups in total. The third-order valence-electron chi connectivity index (χ3n) is 3.03. The lowest BCUT2D eigenvalue weighted by Gasteiger charge is -2.13. The van der Waals surface area contributed by atoms with Crippen LogP contribution in [0, 0.1) is 14.1 Å². The number of carbonyl (C=O) groups excluding carboxylic acids is 1. The van der Waals surface area contributed by atoms with Gasteiger partial charge in [0.25, 0.3) is 5.69 Å². The van der Waals surface area contributed by atoms with Crippen LogP contribution in [-0.4, -0.2) is 29.6 Å². The first-order valence-corrected chi connectivity index (χ1v) is 8.21. The lowest BCUT2D eigenvalue weighted by atomic mass is 10.1. The molecular weight excluding hydrogens is 368 g/mol. The summed E-state index contributed by atoms with van der Waals surface area (Å²) in [6.07, 6.45) is 2.81. The number of aromatic amines is 1. The monoisotopic (exact) mass is 381 g/mol. The number of rotatable bonds is 5. The van der Waals surface area contributed by atoms with Crippen molar-refractivity contribution in [2.45, 2.75) is 6.92 Å². The number of nitro groups is 1. The van der Waals surface area contributed by atoms with Gasteiger partial charge in [0.15, 0.2) is 3.95 Å². The molecule has 1 heterocycles. The molecule has 132 valence electrons. The summed E-state index contributed by atoms with van der Waals surface area (Å²) < 4.78 is 10.7. The van der Waals surface area contributed by atoms with Crippen LogP contribution in [0.25, 0.3) is 12.2 Å². The number of H-pyrrole nitrogens is 1. The summed E-state index contributed by atoms with van der Waals surface area (Å²) in [6.45, 7) is 1.91. The molecule has 25 heavy (non-hydrogen) atoms. The van der Waals surface area contributed by atoms with Crippen molar-refractivity contribution in [3.63, 3.8) is 0 Å². The summed E-state index contributed by atoms with van der Waals surface area (Å²) in [4.78, 5) is 24.7. The van der Waals surface area contributed by atoms with E-state index in [1.807, 2.05) is 0 Å². The van der Waals surface area contributed by atoms with Gasteiger partial charge in [-0.05, 0) is 36.8 Å². The third-order valence-corrected chi connectivity index (χ3v) is 4.22. The van der Waals surface area contributed by atoms with E-state index >= 15 is 0 Å². The second-order valence-electron chi connectivity index (χ2n) is 4.66. The number of nitro benzene ring substituents is 1. The maximum absolute atomic E-state index is 11.9. The molecule has 0 aliphatic carbocycles. The number of hydrogen-bond acceptors (Lipinski definition) is 8. The smallest absolute Gasteiger partial charge is 0.332 e. The second-order valence-corrected chi connectivity index (χ2v) is 6.38. The molecule has 0 saturated carbocycles. The number of hydrogen-bond donors (Lipinski definition) is 1. The van der Waals surface area contributed by atoms with Gasteiger partial charge in [0.05, 0.1) is 28.5 Å². The molecule has 10 heteroatoms. The summed E-state index contributed by atoms with van der Waals surface area (Å²) in [6, 6.07) is 2.52. The molecule has 0 saturated heterocycles. The molecule has 0 bridgehead atoms. The molecular formula is C15H13N2O6S2-. The highest BCUT2D eigenvalue weighted by atomic mass is 32.1. The van der Waals surface area contributed by atoms with Gasteiger partial charge in [0, 0.05) is 17.9 Å². The molecule has 0 radical (unpaired) electrons. The summed E-state index contributed by atoms with van der Waals surface area (Å²) in [5, 5.41) is 23.3. The Balaban J connectivity index is 2.66. The number of nitrogens with one attached hydrogen (secondary N) is 1. The average molecular weight is 381 g/mol. The Hall–Kier alpha value is -2.72. The van der Waals surface area contributed by atoms with Gasteiger partial charge < -0.3 is 19.6 Å². The zero-order valence-corrected chi connectivity index (χ0v) is 14.9. The molecule has 0 aliphatic heterocycles. The minimum absolute atomic E-state index is 0.143. The fraction of sp³-hybridized carbons (Fsp3) is 0.200. The summed E-state index contributed by atoms with van der Waals surface area (Å²) in [7, 11) is 1.25. The number of nitrogens with zero attached hydrogens (tertiary/aromatic N) is 1. The molecule has 1 aromatic carbocycles. The van der Waals surface area contributed by atoms with Crippen LogP contribution in [0.4, 0.5) is 5.69 Å². The van der Waals surface area contributed by atoms with Gasteiger partial charge in [-0.1, -0.05) is 0 Å². The molecule has 0 unspecified atom stereocenters. The van der Waals surface area contributed by atoms with Crippen molar-refractivity contribution in [3.8, 4) is 11.5 Å². The Kier molecular flexibility index (Phi) is 5.88. The Morgan fingerprint density at radius 1 is 1.48 bits per heavy atom.